The molecule has 0 N–H and O–H groups in total. The van der Waals surface area contributed by atoms with Gasteiger partial charge in [-0.3, -0.25) is 13.9 Å². The van der Waals surface area contributed by atoms with E-state index < -0.39 is 41.8 Å². The van der Waals surface area contributed by atoms with Crippen LogP contribution in [0.25, 0.3) is 0 Å². The lowest BCUT2D eigenvalue weighted by Gasteiger charge is -2.52. The molecule has 2 saturated heterocycles. The summed E-state index contributed by atoms with van der Waals surface area (Å²) in [6.45, 7) is 3.07. The second-order valence-electron chi connectivity index (χ2n) is 14.4. The molecular weight excluding hydrogens is 645 g/mol. The molecule has 8 atom stereocenters. The van der Waals surface area contributed by atoms with Crippen molar-refractivity contribution in [3.05, 3.63) is 23.3 Å². The number of Topliss-reactive ketones (excluding diaryl/α,β-unsaturated/α-hetero) is 1. The molecule has 1 aromatic carbocycles. The SMILES string of the molecule is COc1cc2c(cc1OC(=O)N1C3CCC1COC3)C[C@@H](CCCS(=O)CCCC(F)(F)C(F)(F)F)[C@@H]1[C@@H]2CC[C@]2(C)C(=O)CC[C@@H]12. The van der Waals surface area contributed by atoms with Crippen LogP contribution < -0.4 is 9.47 Å². The second kappa shape index (κ2) is 13.2. The minimum Gasteiger partial charge on any atom is -0.493 e. The van der Waals surface area contributed by atoms with Crippen molar-refractivity contribution < 1.29 is 50.0 Å². The normalized spacial score (nSPS) is 32.4. The van der Waals surface area contributed by atoms with Gasteiger partial charge in [0.1, 0.15) is 5.78 Å². The third-order valence-corrected chi connectivity index (χ3v) is 13.3. The van der Waals surface area contributed by atoms with Gasteiger partial charge < -0.3 is 14.2 Å². The van der Waals surface area contributed by atoms with Gasteiger partial charge >= 0.3 is 18.2 Å². The zero-order valence-electron chi connectivity index (χ0n) is 26.9. The zero-order chi connectivity index (χ0) is 33.7. The summed E-state index contributed by atoms with van der Waals surface area (Å²) in [6, 6.07) is 3.88. The Morgan fingerprint density at radius 2 is 1.74 bits per heavy atom. The Morgan fingerprint density at radius 1 is 1.04 bits per heavy atom. The number of hydrogen-bond acceptors (Lipinski definition) is 6. The van der Waals surface area contributed by atoms with Gasteiger partial charge in [-0.25, -0.2) is 4.79 Å². The minimum atomic E-state index is -5.61. The zero-order valence-corrected chi connectivity index (χ0v) is 27.7. The van der Waals surface area contributed by atoms with Crippen LogP contribution in [0.2, 0.25) is 0 Å². The molecule has 2 heterocycles. The minimum absolute atomic E-state index is 0.00707. The van der Waals surface area contributed by atoms with E-state index in [0.29, 0.717) is 56.2 Å². The quantitative estimate of drug-likeness (QED) is 0.242. The van der Waals surface area contributed by atoms with E-state index in [1.54, 1.807) is 12.0 Å². The topological polar surface area (TPSA) is 82.1 Å². The monoisotopic (exact) mass is 689 g/mol. The molecule has 262 valence electrons. The van der Waals surface area contributed by atoms with E-state index in [9.17, 15) is 35.8 Å². The van der Waals surface area contributed by atoms with Gasteiger partial charge in [0.25, 0.3) is 0 Å². The highest BCUT2D eigenvalue weighted by atomic mass is 32.2. The van der Waals surface area contributed by atoms with Gasteiger partial charge in [-0.15, -0.1) is 0 Å². The van der Waals surface area contributed by atoms with E-state index in [1.807, 2.05) is 12.1 Å². The predicted octanol–water partition coefficient (Wildman–Crippen LogP) is 7.22. The molecule has 2 aliphatic heterocycles. The fourth-order valence-corrected chi connectivity index (χ4v) is 10.5. The Hall–Kier alpha value is -2.28. The number of nitrogens with zero attached hydrogens (tertiary/aromatic N) is 1. The average Bonchev–Trinajstić information content (AvgIpc) is 3.46. The molecule has 13 heteroatoms. The van der Waals surface area contributed by atoms with Gasteiger partial charge in [0, 0.05) is 40.6 Å². The van der Waals surface area contributed by atoms with Gasteiger partial charge in [0.05, 0.1) is 32.4 Å². The lowest BCUT2D eigenvalue weighted by atomic mass is 9.52. The summed E-state index contributed by atoms with van der Waals surface area (Å²) < 4.78 is 94.2. The van der Waals surface area contributed by atoms with Crippen molar-refractivity contribution in [3.63, 3.8) is 0 Å². The number of amides is 1. The van der Waals surface area contributed by atoms with E-state index >= 15 is 0 Å². The van der Waals surface area contributed by atoms with Crippen LogP contribution in [0.5, 0.6) is 11.5 Å². The van der Waals surface area contributed by atoms with Crippen molar-refractivity contribution >= 4 is 22.7 Å². The molecule has 0 spiro atoms. The molecule has 1 amide bonds. The number of alkyl halides is 5. The average molecular weight is 690 g/mol. The van der Waals surface area contributed by atoms with Crippen molar-refractivity contribution in [2.75, 3.05) is 31.8 Å². The number of fused-ring (bicyclic) bond motifs is 7. The van der Waals surface area contributed by atoms with E-state index in [1.165, 1.54) is 0 Å². The van der Waals surface area contributed by atoms with Crippen LogP contribution in [-0.2, 0) is 26.8 Å². The van der Waals surface area contributed by atoms with Crippen molar-refractivity contribution in [1.82, 2.24) is 4.90 Å². The number of carbonyl (C=O) groups excluding carboxylic acids is 2. The molecule has 3 unspecified atom stereocenters. The molecule has 6 rings (SSSR count). The predicted molar refractivity (Wildman–Crippen MR) is 164 cm³/mol. The van der Waals surface area contributed by atoms with Crippen molar-refractivity contribution in [2.24, 2.45) is 23.2 Å². The van der Waals surface area contributed by atoms with E-state index in [-0.39, 0.29) is 52.7 Å². The Labute approximate surface area is 274 Å². The van der Waals surface area contributed by atoms with Crippen LogP contribution in [0, 0.1) is 23.2 Å². The van der Waals surface area contributed by atoms with Gasteiger partial charge in [0.2, 0.25) is 0 Å². The van der Waals surface area contributed by atoms with Crippen molar-refractivity contribution in [2.45, 2.75) is 108 Å². The number of ether oxygens (including phenoxy) is 3. The van der Waals surface area contributed by atoms with Crippen molar-refractivity contribution in [3.8, 4) is 11.5 Å². The number of benzene rings is 1. The molecule has 0 aromatic heterocycles. The number of hydrogen-bond donors (Lipinski definition) is 0. The third kappa shape index (κ3) is 6.56. The Balaban J connectivity index is 1.18. The first-order chi connectivity index (χ1) is 22.2. The maximum Gasteiger partial charge on any atom is 0.453 e. The largest absolute Gasteiger partial charge is 0.493 e. The summed E-state index contributed by atoms with van der Waals surface area (Å²) in [5.74, 6) is -2.93. The number of halogens is 5. The first-order valence-corrected chi connectivity index (χ1v) is 18.3. The summed E-state index contributed by atoms with van der Waals surface area (Å²) in [6.07, 6.45) is -1.26. The van der Waals surface area contributed by atoms with Gasteiger partial charge in [-0.05, 0) is 105 Å². The van der Waals surface area contributed by atoms with E-state index in [4.69, 9.17) is 14.2 Å². The molecule has 47 heavy (non-hydrogen) atoms. The highest BCUT2D eigenvalue weighted by molar-refractivity contribution is 7.84. The lowest BCUT2D eigenvalue weighted by Crippen LogP contribution is -2.50. The lowest BCUT2D eigenvalue weighted by molar-refractivity contribution is -0.284. The molecule has 0 radical (unpaired) electrons. The summed E-state index contributed by atoms with van der Waals surface area (Å²) in [7, 11) is 0.0335. The molecule has 7 nitrogen and oxygen atoms in total. The number of methoxy groups -OCH3 is 1. The van der Waals surface area contributed by atoms with Crippen molar-refractivity contribution in [1.29, 1.82) is 0 Å². The summed E-state index contributed by atoms with van der Waals surface area (Å²) >= 11 is 0. The van der Waals surface area contributed by atoms with Crippen LogP contribution in [0.4, 0.5) is 26.7 Å². The standard InChI is InChI=1S/C34H44F5NO6S/c1-32-12-10-24-25-17-27(44-2)28(46-31(42)40-22-6-7-23(40)19-45-18-22)16-21(25)15-20(30(24)26(32)8-9-29(32)41)5-3-13-47(43)14-4-11-33(35,36)34(37,38)39/h16-17,20,22-24,26,30H,3-15,18-19H2,1-2H3/t20-,22?,23?,24-,26+,30-,32+,47?/m1/s1. The number of rotatable bonds is 10. The Kier molecular flexibility index (Phi) is 9.72. The Morgan fingerprint density at radius 3 is 2.43 bits per heavy atom. The van der Waals surface area contributed by atoms with Crippen LogP contribution in [0.1, 0.15) is 88.2 Å². The van der Waals surface area contributed by atoms with Gasteiger partial charge in [0.15, 0.2) is 11.5 Å². The first kappa shape index (κ1) is 34.6. The molecular formula is C34H44F5NO6S. The highest BCUT2D eigenvalue weighted by Crippen LogP contribution is 2.62. The van der Waals surface area contributed by atoms with Crippen LogP contribution >= 0.6 is 0 Å². The van der Waals surface area contributed by atoms with Gasteiger partial charge in [-0.2, -0.15) is 22.0 Å². The fourth-order valence-electron chi connectivity index (χ4n) is 9.36. The number of morpholine rings is 1. The molecule has 2 bridgehead atoms. The maximum atomic E-state index is 13.4. The highest BCUT2D eigenvalue weighted by Gasteiger charge is 2.58. The summed E-state index contributed by atoms with van der Waals surface area (Å²) in [5, 5.41) is 0. The third-order valence-electron chi connectivity index (χ3n) is 11.8. The van der Waals surface area contributed by atoms with E-state index in [2.05, 4.69) is 6.92 Å². The van der Waals surface area contributed by atoms with E-state index in [0.717, 1.165) is 43.2 Å². The molecule has 3 aliphatic carbocycles. The Bertz CT molecular complexity index is 1370. The molecule has 4 fully saturated rings. The first-order valence-electron chi connectivity index (χ1n) is 16.8. The summed E-state index contributed by atoms with van der Waals surface area (Å²) in [5.41, 5.74) is 1.80. The smallest absolute Gasteiger partial charge is 0.453 e. The molecule has 5 aliphatic rings. The number of carbonyl (C=O) groups is 2. The molecule has 1 aromatic rings. The van der Waals surface area contributed by atoms with Crippen LogP contribution in [0.3, 0.4) is 0 Å². The van der Waals surface area contributed by atoms with Crippen LogP contribution in [-0.4, -0.2) is 77.0 Å². The maximum absolute atomic E-state index is 13.4. The summed E-state index contributed by atoms with van der Waals surface area (Å²) in [4.78, 5) is 28.2. The second-order valence-corrected chi connectivity index (χ2v) is 16.1. The molecule has 2 saturated carbocycles. The van der Waals surface area contributed by atoms with Crippen LogP contribution in [0.15, 0.2) is 12.1 Å². The van der Waals surface area contributed by atoms with Gasteiger partial charge in [-0.1, -0.05) is 6.92 Å². The number of ketones is 1. The fraction of sp³-hybridized carbons (Fsp3) is 0.765.